The predicted octanol–water partition coefficient (Wildman–Crippen LogP) is 2.36. The fourth-order valence-corrected chi connectivity index (χ4v) is 3.21. The van der Waals surface area contributed by atoms with E-state index in [0.717, 1.165) is 12.8 Å². The summed E-state index contributed by atoms with van der Waals surface area (Å²) >= 11 is 0. The number of ether oxygens (including phenoxy) is 2. The second-order valence-corrected chi connectivity index (χ2v) is 6.65. The molecule has 134 valence electrons. The minimum absolute atomic E-state index is 0.0231. The number of aromatic nitrogens is 2. The Balaban J connectivity index is 2.19. The summed E-state index contributed by atoms with van der Waals surface area (Å²) < 4.78 is 11.3. The van der Waals surface area contributed by atoms with E-state index in [-0.39, 0.29) is 29.9 Å². The van der Waals surface area contributed by atoms with Gasteiger partial charge in [0.05, 0.1) is 18.8 Å². The van der Waals surface area contributed by atoms with Gasteiger partial charge in [-0.2, -0.15) is 5.10 Å². The molecule has 0 spiro atoms. The SMILES string of the molecule is CCOC(=O)c1n[nH]cc1[C@@H]1C[C@H](NC(C)=O)C[C@H](CC(C)C)O1. The van der Waals surface area contributed by atoms with Crippen molar-refractivity contribution in [2.24, 2.45) is 5.92 Å². The van der Waals surface area contributed by atoms with E-state index in [1.165, 1.54) is 6.92 Å². The molecule has 0 unspecified atom stereocenters. The first-order chi connectivity index (χ1) is 11.4. The number of hydrogen-bond donors (Lipinski definition) is 2. The lowest BCUT2D eigenvalue weighted by Crippen LogP contribution is -2.42. The third kappa shape index (κ3) is 4.80. The second kappa shape index (κ2) is 8.28. The lowest BCUT2D eigenvalue weighted by Gasteiger charge is -2.36. The standard InChI is InChI=1S/C17H27N3O4/c1-5-23-17(22)16-14(9-18-20-16)15-8-12(19-11(4)21)7-13(24-15)6-10(2)3/h9-10,12-13,15H,5-8H2,1-4H3,(H,18,20)(H,19,21)/t12-,13+,15+/m1/s1. The largest absolute Gasteiger partial charge is 0.461 e. The summed E-state index contributed by atoms with van der Waals surface area (Å²) in [5, 5.41) is 9.73. The maximum atomic E-state index is 12.1. The highest BCUT2D eigenvalue weighted by atomic mass is 16.5. The number of hydrogen-bond acceptors (Lipinski definition) is 5. The maximum absolute atomic E-state index is 12.1. The summed E-state index contributed by atoms with van der Waals surface area (Å²) in [7, 11) is 0. The molecule has 0 radical (unpaired) electrons. The van der Waals surface area contributed by atoms with Gasteiger partial charge in [0.15, 0.2) is 5.69 Å². The van der Waals surface area contributed by atoms with E-state index in [2.05, 4.69) is 29.4 Å². The average molecular weight is 337 g/mol. The van der Waals surface area contributed by atoms with Crippen molar-refractivity contribution < 1.29 is 19.1 Å². The highest BCUT2D eigenvalue weighted by molar-refractivity contribution is 5.88. The van der Waals surface area contributed by atoms with Gasteiger partial charge in [-0.1, -0.05) is 13.8 Å². The van der Waals surface area contributed by atoms with Crippen LogP contribution < -0.4 is 5.32 Å². The van der Waals surface area contributed by atoms with Crippen molar-refractivity contribution in [1.82, 2.24) is 15.5 Å². The Kier molecular flexibility index (Phi) is 6.36. The van der Waals surface area contributed by atoms with Crippen LogP contribution in [0.25, 0.3) is 0 Å². The van der Waals surface area contributed by atoms with Gasteiger partial charge in [0.25, 0.3) is 0 Å². The quantitative estimate of drug-likeness (QED) is 0.777. The monoisotopic (exact) mass is 337 g/mol. The Morgan fingerprint density at radius 2 is 2.21 bits per heavy atom. The average Bonchev–Trinajstić information content (AvgIpc) is 2.95. The van der Waals surface area contributed by atoms with Crippen molar-refractivity contribution in [3.8, 4) is 0 Å². The molecule has 2 rings (SSSR count). The Hall–Kier alpha value is -1.89. The first-order valence-corrected chi connectivity index (χ1v) is 8.54. The first-order valence-electron chi connectivity index (χ1n) is 8.54. The van der Waals surface area contributed by atoms with Crippen LogP contribution in [0, 0.1) is 5.92 Å². The fraction of sp³-hybridized carbons (Fsp3) is 0.706. The molecule has 0 bridgehead atoms. The number of nitrogens with one attached hydrogen (secondary N) is 2. The summed E-state index contributed by atoms with van der Waals surface area (Å²) in [6.07, 6.45) is 3.71. The summed E-state index contributed by atoms with van der Waals surface area (Å²) in [4.78, 5) is 23.5. The molecule has 7 nitrogen and oxygen atoms in total. The number of amides is 1. The van der Waals surface area contributed by atoms with Crippen molar-refractivity contribution in [2.45, 2.75) is 65.2 Å². The summed E-state index contributed by atoms with van der Waals surface area (Å²) in [5.41, 5.74) is 0.950. The molecule has 1 saturated heterocycles. The number of esters is 1. The molecule has 0 saturated carbocycles. The van der Waals surface area contributed by atoms with Crippen LogP contribution in [0.5, 0.6) is 0 Å². The number of rotatable bonds is 6. The molecule has 2 N–H and O–H groups in total. The molecule has 1 fully saturated rings. The number of carbonyl (C=O) groups is 2. The number of H-pyrrole nitrogens is 1. The molecule has 1 aromatic heterocycles. The van der Waals surface area contributed by atoms with Crippen LogP contribution in [-0.4, -0.2) is 40.8 Å². The smallest absolute Gasteiger partial charge is 0.359 e. The highest BCUT2D eigenvalue weighted by Crippen LogP contribution is 2.35. The Morgan fingerprint density at radius 1 is 1.46 bits per heavy atom. The Labute approximate surface area is 142 Å². The lowest BCUT2D eigenvalue weighted by molar-refractivity contribution is -0.122. The van der Waals surface area contributed by atoms with E-state index in [4.69, 9.17) is 9.47 Å². The first kappa shape index (κ1) is 18.4. The van der Waals surface area contributed by atoms with E-state index in [9.17, 15) is 9.59 Å². The van der Waals surface area contributed by atoms with Crippen LogP contribution in [0.2, 0.25) is 0 Å². The van der Waals surface area contributed by atoms with Gasteiger partial charge in [-0.3, -0.25) is 9.89 Å². The van der Waals surface area contributed by atoms with Crippen LogP contribution >= 0.6 is 0 Å². The van der Waals surface area contributed by atoms with Crippen LogP contribution in [0.15, 0.2) is 6.20 Å². The van der Waals surface area contributed by atoms with Crippen molar-refractivity contribution in [2.75, 3.05) is 6.61 Å². The van der Waals surface area contributed by atoms with Crippen LogP contribution in [0.4, 0.5) is 0 Å². The van der Waals surface area contributed by atoms with Gasteiger partial charge < -0.3 is 14.8 Å². The fourth-order valence-electron chi connectivity index (χ4n) is 3.21. The third-order valence-electron chi connectivity index (χ3n) is 4.03. The van der Waals surface area contributed by atoms with E-state index in [1.807, 2.05) is 0 Å². The molecule has 2 heterocycles. The van der Waals surface area contributed by atoms with Gasteiger partial charge in [0.1, 0.15) is 0 Å². The molecule has 1 aromatic rings. The van der Waals surface area contributed by atoms with Gasteiger partial charge in [0.2, 0.25) is 5.91 Å². The van der Waals surface area contributed by atoms with E-state index < -0.39 is 5.97 Å². The van der Waals surface area contributed by atoms with Crippen LogP contribution in [0.3, 0.4) is 0 Å². The molecular weight excluding hydrogens is 310 g/mol. The summed E-state index contributed by atoms with van der Waals surface area (Å²) in [5.74, 6) is -0.0261. The van der Waals surface area contributed by atoms with Gasteiger partial charge in [0, 0.05) is 24.7 Å². The van der Waals surface area contributed by atoms with Crippen molar-refractivity contribution in [3.63, 3.8) is 0 Å². The molecular formula is C17H27N3O4. The Morgan fingerprint density at radius 3 is 2.83 bits per heavy atom. The van der Waals surface area contributed by atoms with Crippen LogP contribution in [-0.2, 0) is 14.3 Å². The van der Waals surface area contributed by atoms with Gasteiger partial charge >= 0.3 is 5.97 Å². The van der Waals surface area contributed by atoms with Gasteiger partial charge in [-0.25, -0.2) is 4.79 Å². The van der Waals surface area contributed by atoms with Crippen LogP contribution in [0.1, 0.15) is 69.1 Å². The van der Waals surface area contributed by atoms with E-state index >= 15 is 0 Å². The topological polar surface area (TPSA) is 93.3 Å². The molecule has 7 heteroatoms. The molecule has 1 amide bonds. The zero-order valence-corrected chi connectivity index (χ0v) is 14.8. The molecule has 0 aliphatic carbocycles. The van der Waals surface area contributed by atoms with Crippen molar-refractivity contribution in [3.05, 3.63) is 17.5 Å². The molecule has 1 aliphatic heterocycles. The molecule has 24 heavy (non-hydrogen) atoms. The Bertz CT molecular complexity index is 570. The minimum Gasteiger partial charge on any atom is -0.461 e. The van der Waals surface area contributed by atoms with E-state index in [1.54, 1.807) is 13.1 Å². The summed E-state index contributed by atoms with van der Waals surface area (Å²) in [6, 6.07) is 0.0231. The lowest BCUT2D eigenvalue weighted by atomic mass is 9.90. The van der Waals surface area contributed by atoms with Gasteiger partial charge in [-0.05, 0) is 32.1 Å². The third-order valence-corrected chi connectivity index (χ3v) is 4.03. The van der Waals surface area contributed by atoms with E-state index in [0.29, 0.717) is 24.5 Å². The highest BCUT2D eigenvalue weighted by Gasteiger charge is 2.34. The normalized spacial score (nSPS) is 24.0. The number of aromatic amines is 1. The number of carbonyl (C=O) groups excluding carboxylic acids is 2. The molecule has 3 atom stereocenters. The molecule has 0 aromatic carbocycles. The van der Waals surface area contributed by atoms with Gasteiger partial charge in [-0.15, -0.1) is 0 Å². The zero-order valence-electron chi connectivity index (χ0n) is 14.8. The summed E-state index contributed by atoms with van der Waals surface area (Å²) in [6.45, 7) is 7.85. The minimum atomic E-state index is -0.459. The van der Waals surface area contributed by atoms with Crippen molar-refractivity contribution >= 4 is 11.9 Å². The number of nitrogens with zero attached hydrogens (tertiary/aromatic N) is 1. The second-order valence-electron chi connectivity index (χ2n) is 6.65. The van der Waals surface area contributed by atoms with Crippen molar-refractivity contribution in [1.29, 1.82) is 0 Å². The zero-order chi connectivity index (χ0) is 17.7. The predicted molar refractivity (Wildman–Crippen MR) is 88.5 cm³/mol. The maximum Gasteiger partial charge on any atom is 0.359 e. The molecule has 1 aliphatic rings.